The third-order valence-electron chi connectivity index (χ3n) is 6.88. The van der Waals surface area contributed by atoms with Crippen LogP contribution in [0.2, 0.25) is 0 Å². The van der Waals surface area contributed by atoms with E-state index in [0.29, 0.717) is 5.56 Å². The topological polar surface area (TPSA) is 119 Å². The van der Waals surface area contributed by atoms with Crippen molar-refractivity contribution in [1.29, 1.82) is 5.26 Å². The van der Waals surface area contributed by atoms with Gasteiger partial charge in [0.15, 0.2) is 0 Å². The molecule has 3 heterocycles. The second-order valence-corrected chi connectivity index (χ2v) is 9.69. The molecule has 2 unspecified atom stereocenters. The highest BCUT2D eigenvalue weighted by molar-refractivity contribution is 6.10. The van der Waals surface area contributed by atoms with Crippen molar-refractivity contribution in [3.05, 3.63) is 84.1 Å². The Bertz CT molecular complexity index is 1490. The van der Waals surface area contributed by atoms with Gasteiger partial charge in [0.1, 0.15) is 23.7 Å². The summed E-state index contributed by atoms with van der Waals surface area (Å²) < 4.78 is 41.5. The van der Waals surface area contributed by atoms with E-state index >= 15 is 0 Å². The minimum Gasteiger partial charge on any atom is -0.351 e. The number of amides is 3. The molecule has 2 aromatic heterocycles. The van der Waals surface area contributed by atoms with Crippen LogP contribution in [-0.4, -0.2) is 45.7 Å². The van der Waals surface area contributed by atoms with Gasteiger partial charge in [-0.25, -0.2) is 18.2 Å². The van der Waals surface area contributed by atoms with Crippen LogP contribution in [0.5, 0.6) is 0 Å². The Morgan fingerprint density at radius 2 is 1.90 bits per heavy atom. The van der Waals surface area contributed by atoms with Gasteiger partial charge in [0.05, 0.1) is 29.7 Å². The Morgan fingerprint density at radius 1 is 1.15 bits per heavy atom. The SMILES string of the molecule is N#Cc1ccnc(N2C(=O)CCC2C(=O)N(c2cncc(F)c2)C(C(=O)NC2CC(F)(F)C2)c2ccccc2)c1. The van der Waals surface area contributed by atoms with Crippen molar-refractivity contribution in [3.63, 3.8) is 0 Å². The van der Waals surface area contributed by atoms with Crippen molar-refractivity contribution in [2.45, 2.75) is 49.7 Å². The molecular formula is C28H23F3N6O3. The van der Waals surface area contributed by atoms with E-state index in [1.165, 1.54) is 24.5 Å². The molecule has 3 aromatic rings. The molecule has 1 aromatic carbocycles. The van der Waals surface area contributed by atoms with Crippen molar-refractivity contribution in [2.75, 3.05) is 9.80 Å². The predicted octanol–water partition coefficient (Wildman–Crippen LogP) is 3.67. The second kappa shape index (κ2) is 10.8. The number of nitrogens with one attached hydrogen (secondary N) is 1. The van der Waals surface area contributed by atoms with Gasteiger partial charge in [-0.15, -0.1) is 0 Å². The zero-order valence-electron chi connectivity index (χ0n) is 21.0. The van der Waals surface area contributed by atoms with Gasteiger partial charge in [-0.3, -0.25) is 29.2 Å². The number of nitriles is 1. The van der Waals surface area contributed by atoms with E-state index in [0.717, 1.165) is 22.1 Å². The molecule has 40 heavy (non-hydrogen) atoms. The number of benzene rings is 1. The van der Waals surface area contributed by atoms with E-state index in [-0.39, 0.29) is 29.9 Å². The lowest BCUT2D eigenvalue weighted by Crippen LogP contribution is -2.56. The molecule has 12 heteroatoms. The number of pyridine rings is 2. The van der Waals surface area contributed by atoms with Crippen LogP contribution in [0.15, 0.2) is 67.1 Å². The standard InChI is InChI=1S/C28H23F3N6O3/c29-19-11-21(16-33-15-19)36(25(18-4-2-1-3-5-18)26(39)35-20-12-28(30,31)13-20)27(40)22-6-7-24(38)37(22)23-10-17(14-32)8-9-34-23/h1-5,8-11,15-16,20,22,25H,6-7,12-13H2,(H,35,39). The maximum atomic E-state index is 14.4. The quantitative estimate of drug-likeness (QED) is 0.481. The molecule has 9 nitrogen and oxygen atoms in total. The maximum Gasteiger partial charge on any atom is 0.252 e. The number of nitrogens with zero attached hydrogens (tertiary/aromatic N) is 5. The molecule has 1 aliphatic heterocycles. The van der Waals surface area contributed by atoms with Gasteiger partial charge in [0, 0.05) is 37.6 Å². The third-order valence-corrected chi connectivity index (χ3v) is 6.88. The number of rotatable bonds is 7. The molecule has 0 spiro atoms. The van der Waals surface area contributed by atoms with E-state index < -0.39 is 60.4 Å². The molecule has 1 saturated carbocycles. The number of hydrogen-bond donors (Lipinski definition) is 1. The smallest absolute Gasteiger partial charge is 0.252 e. The second-order valence-electron chi connectivity index (χ2n) is 9.69. The van der Waals surface area contributed by atoms with E-state index in [1.807, 2.05) is 6.07 Å². The zero-order chi connectivity index (χ0) is 28.4. The van der Waals surface area contributed by atoms with Crippen LogP contribution in [0.4, 0.5) is 24.7 Å². The number of hydrogen-bond acceptors (Lipinski definition) is 6. The molecule has 2 aliphatic rings. The summed E-state index contributed by atoms with van der Waals surface area (Å²) >= 11 is 0. The minimum atomic E-state index is -2.89. The lowest BCUT2D eigenvalue weighted by molar-refractivity contribution is -0.133. The summed E-state index contributed by atoms with van der Waals surface area (Å²) in [5.74, 6) is -5.48. The normalized spacial score (nSPS) is 18.9. The Balaban J connectivity index is 1.58. The van der Waals surface area contributed by atoms with Gasteiger partial charge in [-0.05, 0) is 24.1 Å². The molecule has 0 bridgehead atoms. The Morgan fingerprint density at radius 3 is 2.58 bits per heavy atom. The van der Waals surface area contributed by atoms with Crippen LogP contribution in [0, 0.1) is 17.1 Å². The molecule has 5 rings (SSSR count). The Kier molecular flexibility index (Phi) is 7.21. The highest BCUT2D eigenvalue weighted by atomic mass is 19.3. The number of carbonyl (C=O) groups is 3. The van der Waals surface area contributed by atoms with E-state index in [1.54, 1.807) is 30.3 Å². The number of aromatic nitrogens is 2. The lowest BCUT2D eigenvalue weighted by Gasteiger charge is -2.39. The fraction of sp³-hybridized carbons (Fsp3) is 0.286. The summed E-state index contributed by atoms with van der Waals surface area (Å²) in [5.41, 5.74) is 0.496. The van der Waals surface area contributed by atoms with Gasteiger partial charge in [-0.1, -0.05) is 30.3 Å². The Hall–Kier alpha value is -4.79. The van der Waals surface area contributed by atoms with Crippen LogP contribution in [0.1, 0.15) is 42.9 Å². The number of alkyl halides is 2. The van der Waals surface area contributed by atoms with Crippen molar-refractivity contribution in [3.8, 4) is 6.07 Å². The molecular weight excluding hydrogens is 525 g/mol. The highest BCUT2D eigenvalue weighted by Gasteiger charge is 2.48. The first-order valence-electron chi connectivity index (χ1n) is 12.5. The first-order valence-corrected chi connectivity index (χ1v) is 12.5. The molecule has 0 radical (unpaired) electrons. The lowest BCUT2D eigenvalue weighted by atomic mass is 9.87. The van der Waals surface area contributed by atoms with E-state index in [2.05, 4.69) is 15.3 Å². The molecule has 1 aliphatic carbocycles. The van der Waals surface area contributed by atoms with Crippen molar-refractivity contribution >= 4 is 29.2 Å². The van der Waals surface area contributed by atoms with Crippen molar-refractivity contribution in [1.82, 2.24) is 15.3 Å². The van der Waals surface area contributed by atoms with Crippen LogP contribution in [-0.2, 0) is 14.4 Å². The molecule has 1 N–H and O–H groups in total. The number of halogens is 3. The predicted molar refractivity (Wildman–Crippen MR) is 136 cm³/mol. The summed E-state index contributed by atoms with van der Waals surface area (Å²) in [5, 5.41) is 11.9. The molecule has 204 valence electrons. The fourth-order valence-electron chi connectivity index (χ4n) is 5.02. The average Bonchev–Trinajstić information content (AvgIpc) is 3.32. The van der Waals surface area contributed by atoms with Crippen molar-refractivity contribution < 1.29 is 27.6 Å². The summed E-state index contributed by atoms with van der Waals surface area (Å²) in [6.45, 7) is 0. The number of anilines is 2. The average molecular weight is 549 g/mol. The molecule has 2 fully saturated rings. The van der Waals surface area contributed by atoms with Crippen LogP contribution < -0.4 is 15.1 Å². The molecule has 1 saturated heterocycles. The van der Waals surface area contributed by atoms with Crippen LogP contribution in [0.3, 0.4) is 0 Å². The molecule has 2 atom stereocenters. The fourth-order valence-corrected chi connectivity index (χ4v) is 5.02. The zero-order valence-corrected chi connectivity index (χ0v) is 21.0. The third kappa shape index (κ3) is 5.36. The van der Waals surface area contributed by atoms with Gasteiger partial charge < -0.3 is 5.32 Å². The largest absolute Gasteiger partial charge is 0.351 e. The van der Waals surface area contributed by atoms with Gasteiger partial charge in [0.2, 0.25) is 11.8 Å². The number of carbonyl (C=O) groups excluding carboxylic acids is 3. The van der Waals surface area contributed by atoms with E-state index in [4.69, 9.17) is 0 Å². The van der Waals surface area contributed by atoms with Crippen LogP contribution in [0.25, 0.3) is 0 Å². The van der Waals surface area contributed by atoms with Crippen molar-refractivity contribution in [2.24, 2.45) is 0 Å². The monoisotopic (exact) mass is 548 g/mol. The maximum absolute atomic E-state index is 14.4. The molecule has 3 amide bonds. The van der Waals surface area contributed by atoms with Gasteiger partial charge in [-0.2, -0.15) is 5.26 Å². The first-order chi connectivity index (χ1) is 19.2. The Labute approximate surface area is 227 Å². The first kappa shape index (κ1) is 26.8. The summed E-state index contributed by atoms with van der Waals surface area (Å²) in [4.78, 5) is 51.2. The summed E-state index contributed by atoms with van der Waals surface area (Å²) in [7, 11) is 0. The van der Waals surface area contributed by atoms with Gasteiger partial charge in [0.25, 0.3) is 11.8 Å². The summed E-state index contributed by atoms with van der Waals surface area (Å²) in [6.07, 6.45) is 2.45. The minimum absolute atomic E-state index is 0.0105. The van der Waals surface area contributed by atoms with E-state index in [9.17, 15) is 32.8 Å². The van der Waals surface area contributed by atoms with Crippen LogP contribution >= 0.6 is 0 Å². The van der Waals surface area contributed by atoms with Gasteiger partial charge >= 0.3 is 0 Å². The highest BCUT2D eigenvalue weighted by Crippen LogP contribution is 2.39. The summed E-state index contributed by atoms with van der Waals surface area (Å²) in [6, 6.07) is 10.6.